The monoisotopic (exact) mass is 371 g/mol. The fraction of sp³-hybridized carbons (Fsp3) is 0.333. The van der Waals surface area contributed by atoms with Crippen LogP contribution in [0.5, 0.6) is 5.75 Å². The van der Waals surface area contributed by atoms with Gasteiger partial charge < -0.3 is 19.5 Å². The Morgan fingerprint density at radius 2 is 1.74 bits per heavy atom. The number of alkyl carbamates (subject to hydrolysis) is 1. The van der Waals surface area contributed by atoms with Crippen molar-refractivity contribution in [3.8, 4) is 5.75 Å². The van der Waals surface area contributed by atoms with E-state index < -0.39 is 18.1 Å². The second-order valence-corrected chi connectivity index (χ2v) is 5.88. The molecule has 0 fully saturated rings. The van der Waals surface area contributed by atoms with Crippen LogP contribution in [0.1, 0.15) is 18.1 Å². The molecule has 1 atom stereocenters. The van der Waals surface area contributed by atoms with Gasteiger partial charge in [-0.3, -0.25) is 0 Å². The standard InChI is InChI=1S/C21H25NO5/c1-3-26-20(23)19(15-16-8-5-4-6-9-16)22-21(24)27-13-12-17-10-7-11-18(14-17)25-2/h4-11,14,19H,3,12-13,15H2,1-2H3,(H,22,24). The molecule has 2 rings (SSSR count). The molecule has 0 heterocycles. The van der Waals surface area contributed by atoms with Crippen LogP contribution in [-0.2, 0) is 27.1 Å². The molecule has 0 bridgehead atoms. The highest BCUT2D eigenvalue weighted by molar-refractivity contribution is 5.81. The first-order chi connectivity index (χ1) is 13.1. The number of esters is 1. The predicted molar refractivity (Wildman–Crippen MR) is 102 cm³/mol. The molecule has 0 aliphatic heterocycles. The number of methoxy groups -OCH3 is 1. The van der Waals surface area contributed by atoms with Crippen molar-refractivity contribution in [2.45, 2.75) is 25.8 Å². The maximum absolute atomic E-state index is 12.1. The SMILES string of the molecule is CCOC(=O)C(Cc1ccccc1)NC(=O)OCCc1cccc(OC)c1. The average molecular weight is 371 g/mol. The molecule has 1 N–H and O–H groups in total. The molecule has 1 amide bonds. The second-order valence-electron chi connectivity index (χ2n) is 5.88. The molecule has 0 saturated carbocycles. The van der Waals surface area contributed by atoms with Crippen LogP contribution in [0.2, 0.25) is 0 Å². The van der Waals surface area contributed by atoms with Gasteiger partial charge in [0.05, 0.1) is 20.3 Å². The van der Waals surface area contributed by atoms with Crippen molar-refractivity contribution in [3.05, 3.63) is 65.7 Å². The first kappa shape index (κ1) is 20.3. The summed E-state index contributed by atoms with van der Waals surface area (Å²) >= 11 is 0. The van der Waals surface area contributed by atoms with Crippen LogP contribution in [0.15, 0.2) is 54.6 Å². The molecule has 2 aromatic rings. The van der Waals surface area contributed by atoms with Gasteiger partial charge in [-0.05, 0) is 30.2 Å². The first-order valence-corrected chi connectivity index (χ1v) is 8.89. The number of nitrogens with one attached hydrogen (secondary N) is 1. The quantitative estimate of drug-likeness (QED) is 0.686. The van der Waals surface area contributed by atoms with Gasteiger partial charge in [0.2, 0.25) is 0 Å². The molecule has 0 aliphatic carbocycles. The van der Waals surface area contributed by atoms with Gasteiger partial charge in [0.1, 0.15) is 11.8 Å². The van der Waals surface area contributed by atoms with E-state index in [1.165, 1.54) is 0 Å². The van der Waals surface area contributed by atoms with Crippen LogP contribution in [0, 0.1) is 0 Å². The lowest BCUT2D eigenvalue weighted by Crippen LogP contribution is -2.43. The van der Waals surface area contributed by atoms with Gasteiger partial charge in [-0.15, -0.1) is 0 Å². The molecule has 144 valence electrons. The van der Waals surface area contributed by atoms with Crippen LogP contribution in [0.25, 0.3) is 0 Å². The van der Waals surface area contributed by atoms with Gasteiger partial charge in [0, 0.05) is 12.8 Å². The summed E-state index contributed by atoms with van der Waals surface area (Å²) in [6.45, 7) is 2.17. The molecule has 6 heteroatoms. The van der Waals surface area contributed by atoms with Crippen molar-refractivity contribution in [2.24, 2.45) is 0 Å². The molecule has 0 saturated heterocycles. The maximum atomic E-state index is 12.1. The lowest BCUT2D eigenvalue weighted by Gasteiger charge is -2.17. The number of hydrogen-bond donors (Lipinski definition) is 1. The van der Waals surface area contributed by atoms with Crippen molar-refractivity contribution in [1.29, 1.82) is 0 Å². The van der Waals surface area contributed by atoms with Crippen LogP contribution < -0.4 is 10.1 Å². The second kappa shape index (κ2) is 10.9. The Kier molecular flexibility index (Phi) is 8.16. The Labute approximate surface area is 159 Å². The van der Waals surface area contributed by atoms with E-state index in [0.717, 1.165) is 16.9 Å². The minimum absolute atomic E-state index is 0.194. The average Bonchev–Trinajstić information content (AvgIpc) is 2.68. The van der Waals surface area contributed by atoms with Crippen LogP contribution in [-0.4, -0.2) is 38.4 Å². The number of ether oxygens (including phenoxy) is 3. The van der Waals surface area contributed by atoms with E-state index in [0.29, 0.717) is 12.8 Å². The smallest absolute Gasteiger partial charge is 0.407 e. The third-order valence-corrected chi connectivity index (χ3v) is 3.90. The highest BCUT2D eigenvalue weighted by Gasteiger charge is 2.23. The summed E-state index contributed by atoms with van der Waals surface area (Å²) in [6, 6.07) is 16.2. The summed E-state index contributed by atoms with van der Waals surface area (Å²) in [5, 5.41) is 2.60. The molecule has 0 radical (unpaired) electrons. The van der Waals surface area contributed by atoms with Crippen LogP contribution in [0.4, 0.5) is 4.79 Å². The zero-order chi connectivity index (χ0) is 19.5. The van der Waals surface area contributed by atoms with Gasteiger partial charge in [0.15, 0.2) is 0 Å². The molecule has 27 heavy (non-hydrogen) atoms. The fourth-order valence-corrected chi connectivity index (χ4v) is 2.56. The van der Waals surface area contributed by atoms with Gasteiger partial charge in [-0.2, -0.15) is 0 Å². The topological polar surface area (TPSA) is 73.9 Å². The van der Waals surface area contributed by atoms with Gasteiger partial charge in [-0.25, -0.2) is 9.59 Å². The third kappa shape index (κ3) is 7.01. The van der Waals surface area contributed by atoms with E-state index in [-0.39, 0.29) is 13.2 Å². The summed E-state index contributed by atoms with van der Waals surface area (Å²) in [5.74, 6) is 0.272. The lowest BCUT2D eigenvalue weighted by atomic mass is 10.1. The summed E-state index contributed by atoms with van der Waals surface area (Å²) in [4.78, 5) is 24.2. The Morgan fingerprint density at radius 1 is 1.00 bits per heavy atom. The summed E-state index contributed by atoms with van der Waals surface area (Å²) < 4.78 is 15.4. The van der Waals surface area contributed by atoms with E-state index in [4.69, 9.17) is 14.2 Å². The van der Waals surface area contributed by atoms with Gasteiger partial charge >= 0.3 is 12.1 Å². The number of carbonyl (C=O) groups excluding carboxylic acids is 2. The summed E-state index contributed by atoms with van der Waals surface area (Å²) in [7, 11) is 1.60. The number of rotatable bonds is 9. The molecule has 0 spiro atoms. The molecular weight excluding hydrogens is 346 g/mol. The van der Waals surface area contributed by atoms with Crippen molar-refractivity contribution in [2.75, 3.05) is 20.3 Å². The number of amides is 1. The number of benzene rings is 2. The first-order valence-electron chi connectivity index (χ1n) is 8.89. The molecule has 0 aromatic heterocycles. The van der Waals surface area contributed by atoms with E-state index in [1.807, 2.05) is 54.6 Å². The summed E-state index contributed by atoms with van der Waals surface area (Å²) in [5.41, 5.74) is 1.92. The zero-order valence-corrected chi connectivity index (χ0v) is 15.6. The van der Waals surface area contributed by atoms with E-state index in [2.05, 4.69) is 5.32 Å². The minimum atomic E-state index is -0.795. The molecule has 6 nitrogen and oxygen atoms in total. The Morgan fingerprint density at radius 3 is 2.44 bits per heavy atom. The molecule has 2 aromatic carbocycles. The summed E-state index contributed by atoms with van der Waals surface area (Å²) in [6.07, 6.45) is 0.241. The Bertz CT molecular complexity index is 732. The number of carbonyl (C=O) groups is 2. The van der Waals surface area contributed by atoms with Gasteiger partial charge in [0.25, 0.3) is 0 Å². The minimum Gasteiger partial charge on any atom is -0.497 e. The van der Waals surface area contributed by atoms with Crippen molar-refractivity contribution in [3.63, 3.8) is 0 Å². The molecule has 0 aliphatic rings. The van der Waals surface area contributed by atoms with E-state index in [1.54, 1.807) is 14.0 Å². The molecule has 1 unspecified atom stereocenters. The normalized spacial score (nSPS) is 11.3. The van der Waals surface area contributed by atoms with Gasteiger partial charge in [-0.1, -0.05) is 42.5 Å². The van der Waals surface area contributed by atoms with Crippen molar-refractivity contribution < 1.29 is 23.8 Å². The fourth-order valence-electron chi connectivity index (χ4n) is 2.56. The van der Waals surface area contributed by atoms with E-state index >= 15 is 0 Å². The zero-order valence-electron chi connectivity index (χ0n) is 15.6. The Hall–Kier alpha value is -3.02. The van der Waals surface area contributed by atoms with Crippen molar-refractivity contribution in [1.82, 2.24) is 5.32 Å². The van der Waals surface area contributed by atoms with E-state index in [9.17, 15) is 9.59 Å². The highest BCUT2D eigenvalue weighted by atomic mass is 16.6. The van der Waals surface area contributed by atoms with Crippen LogP contribution >= 0.6 is 0 Å². The Balaban J connectivity index is 1.87. The largest absolute Gasteiger partial charge is 0.497 e. The van der Waals surface area contributed by atoms with Crippen LogP contribution in [0.3, 0.4) is 0 Å². The van der Waals surface area contributed by atoms with Crippen molar-refractivity contribution >= 4 is 12.1 Å². The predicted octanol–water partition coefficient (Wildman–Crippen LogP) is 3.14. The third-order valence-electron chi connectivity index (χ3n) is 3.90. The maximum Gasteiger partial charge on any atom is 0.407 e. The molecular formula is C21H25NO5. The lowest BCUT2D eigenvalue weighted by molar-refractivity contribution is -0.145. The highest BCUT2D eigenvalue weighted by Crippen LogP contribution is 2.13. The number of hydrogen-bond acceptors (Lipinski definition) is 5.